The molecular weight excluding hydrogens is 342 g/mol. The maximum absolute atomic E-state index is 13.0. The van der Waals surface area contributed by atoms with Crippen molar-refractivity contribution in [3.63, 3.8) is 0 Å². The number of furan rings is 1. The predicted molar refractivity (Wildman–Crippen MR) is 93.0 cm³/mol. The second kappa shape index (κ2) is 6.74. The molecule has 3 heterocycles. The largest absolute Gasteiger partial charge is 0.463 e. The van der Waals surface area contributed by atoms with E-state index >= 15 is 0 Å². The summed E-state index contributed by atoms with van der Waals surface area (Å²) in [4.78, 5) is 14.8. The van der Waals surface area contributed by atoms with Crippen LogP contribution in [-0.2, 0) is 4.74 Å². The molecule has 0 radical (unpaired) electrons. The van der Waals surface area contributed by atoms with Gasteiger partial charge in [0.25, 0.3) is 5.91 Å². The van der Waals surface area contributed by atoms with Gasteiger partial charge in [0.05, 0.1) is 25.2 Å². The van der Waals surface area contributed by atoms with Crippen molar-refractivity contribution in [2.45, 2.75) is 0 Å². The lowest BCUT2D eigenvalue weighted by Gasteiger charge is -2.26. The first kappa shape index (κ1) is 15.9. The average molecular weight is 358 g/mol. The van der Waals surface area contributed by atoms with Gasteiger partial charge in [0, 0.05) is 24.2 Å². The molecule has 2 aromatic heterocycles. The molecule has 1 saturated heterocycles. The summed E-state index contributed by atoms with van der Waals surface area (Å²) >= 11 is 5.98. The van der Waals surface area contributed by atoms with E-state index in [9.17, 15) is 4.79 Å². The number of aromatic nitrogens is 2. The number of carbonyl (C=O) groups excluding carboxylic acids is 1. The van der Waals surface area contributed by atoms with Gasteiger partial charge in [-0.25, -0.2) is 4.68 Å². The summed E-state index contributed by atoms with van der Waals surface area (Å²) in [6.07, 6.45) is 1.58. The highest BCUT2D eigenvalue weighted by atomic mass is 35.5. The SMILES string of the molecule is O=C(c1cc(-c2ccco2)nn1-c1ccc(Cl)cc1)N1CCOCC1. The fourth-order valence-electron chi connectivity index (χ4n) is 2.79. The van der Waals surface area contributed by atoms with Gasteiger partial charge in [-0.2, -0.15) is 5.10 Å². The topological polar surface area (TPSA) is 60.5 Å². The summed E-state index contributed by atoms with van der Waals surface area (Å²) < 4.78 is 12.4. The number of rotatable bonds is 3. The van der Waals surface area contributed by atoms with E-state index in [0.29, 0.717) is 48.5 Å². The van der Waals surface area contributed by atoms with Gasteiger partial charge in [-0.1, -0.05) is 11.6 Å². The van der Waals surface area contributed by atoms with E-state index in [-0.39, 0.29) is 5.91 Å². The monoisotopic (exact) mass is 357 g/mol. The van der Waals surface area contributed by atoms with Crippen LogP contribution in [0.3, 0.4) is 0 Å². The van der Waals surface area contributed by atoms with E-state index in [1.54, 1.807) is 40.1 Å². The molecule has 0 bridgehead atoms. The molecule has 0 N–H and O–H groups in total. The fraction of sp³-hybridized carbons (Fsp3) is 0.222. The summed E-state index contributed by atoms with van der Waals surface area (Å²) in [6, 6.07) is 12.6. The van der Waals surface area contributed by atoms with Crippen molar-refractivity contribution in [3.05, 3.63) is 59.4 Å². The Bertz CT molecular complexity index is 866. The van der Waals surface area contributed by atoms with Gasteiger partial charge in [-0.05, 0) is 36.4 Å². The van der Waals surface area contributed by atoms with Crippen LogP contribution in [0.5, 0.6) is 0 Å². The van der Waals surface area contributed by atoms with E-state index in [2.05, 4.69) is 5.10 Å². The first-order chi connectivity index (χ1) is 12.2. The zero-order valence-corrected chi connectivity index (χ0v) is 14.1. The lowest BCUT2D eigenvalue weighted by atomic mass is 10.2. The lowest BCUT2D eigenvalue weighted by Crippen LogP contribution is -2.41. The van der Waals surface area contributed by atoms with Crippen molar-refractivity contribution >= 4 is 17.5 Å². The standard InChI is InChI=1S/C18H16ClN3O3/c19-13-3-5-14(6-4-13)22-16(18(23)21-7-10-24-11-8-21)12-15(20-22)17-2-1-9-25-17/h1-6,9,12H,7-8,10-11H2. The van der Waals surface area contributed by atoms with Crippen LogP contribution in [0.4, 0.5) is 0 Å². The fourth-order valence-corrected chi connectivity index (χ4v) is 2.91. The van der Waals surface area contributed by atoms with Crippen LogP contribution in [-0.4, -0.2) is 46.9 Å². The van der Waals surface area contributed by atoms with Crippen molar-refractivity contribution in [2.75, 3.05) is 26.3 Å². The minimum absolute atomic E-state index is 0.0800. The number of nitrogens with zero attached hydrogens (tertiary/aromatic N) is 3. The Balaban J connectivity index is 1.77. The van der Waals surface area contributed by atoms with E-state index in [1.165, 1.54) is 0 Å². The van der Waals surface area contributed by atoms with Gasteiger partial charge in [0.15, 0.2) is 5.76 Å². The Morgan fingerprint density at radius 1 is 1.12 bits per heavy atom. The molecule has 1 aliphatic rings. The van der Waals surface area contributed by atoms with Gasteiger partial charge in [-0.3, -0.25) is 4.79 Å². The second-order valence-electron chi connectivity index (χ2n) is 5.68. The number of morpholine rings is 1. The zero-order valence-electron chi connectivity index (χ0n) is 13.4. The van der Waals surface area contributed by atoms with Crippen molar-refractivity contribution in [2.24, 2.45) is 0 Å². The van der Waals surface area contributed by atoms with Crippen molar-refractivity contribution in [1.29, 1.82) is 0 Å². The first-order valence-electron chi connectivity index (χ1n) is 7.99. The van der Waals surface area contributed by atoms with E-state index in [4.69, 9.17) is 20.8 Å². The van der Waals surface area contributed by atoms with Crippen LogP contribution in [0.15, 0.2) is 53.1 Å². The van der Waals surface area contributed by atoms with Crippen LogP contribution in [0.1, 0.15) is 10.5 Å². The predicted octanol–water partition coefficient (Wildman–Crippen LogP) is 3.26. The van der Waals surface area contributed by atoms with Crippen LogP contribution in [0, 0.1) is 0 Å². The van der Waals surface area contributed by atoms with E-state index in [0.717, 1.165) is 5.69 Å². The van der Waals surface area contributed by atoms with Crippen molar-refractivity contribution in [3.8, 4) is 17.1 Å². The minimum Gasteiger partial charge on any atom is -0.463 e. The minimum atomic E-state index is -0.0800. The molecule has 1 aliphatic heterocycles. The number of hydrogen-bond acceptors (Lipinski definition) is 4. The van der Waals surface area contributed by atoms with Crippen molar-refractivity contribution < 1.29 is 13.9 Å². The molecule has 1 aromatic carbocycles. The van der Waals surface area contributed by atoms with Crippen LogP contribution >= 0.6 is 11.6 Å². The van der Waals surface area contributed by atoms with Crippen molar-refractivity contribution in [1.82, 2.24) is 14.7 Å². The summed E-state index contributed by atoms with van der Waals surface area (Å²) in [6.45, 7) is 2.24. The molecule has 128 valence electrons. The van der Waals surface area contributed by atoms with Gasteiger partial charge >= 0.3 is 0 Å². The molecule has 0 unspecified atom stereocenters. The highest BCUT2D eigenvalue weighted by Gasteiger charge is 2.24. The highest BCUT2D eigenvalue weighted by molar-refractivity contribution is 6.30. The van der Waals surface area contributed by atoms with E-state index in [1.807, 2.05) is 18.2 Å². The number of amides is 1. The molecule has 1 fully saturated rings. The van der Waals surface area contributed by atoms with Gasteiger partial charge in [0.1, 0.15) is 11.4 Å². The molecular formula is C18H16ClN3O3. The first-order valence-corrected chi connectivity index (χ1v) is 8.37. The molecule has 0 spiro atoms. The maximum atomic E-state index is 13.0. The number of halogens is 1. The number of ether oxygens (including phenoxy) is 1. The maximum Gasteiger partial charge on any atom is 0.272 e. The quantitative estimate of drug-likeness (QED) is 0.722. The van der Waals surface area contributed by atoms with Gasteiger partial charge in [-0.15, -0.1) is 0 Å². The van der Waals surface area contributed by atoms with Gasteiger partial charge in [0.2, 0.25) is 0 Å². The molecule has 0 atom stereocenters. The molecule has 7 heteroatoms. The summed E-state index contributed by atoms with van der Waals surface area (Å²) in [7, 11) is 0. The summed E-state index contributed by atoms with van der Waals surface area (Å²) in [5.74, 6) is 0.535. The van der Waals surface area contributed by atoms with Crippen LogP contribution in [0.2, 0.25) is 5.02 Å². The Hall–Kier alpha value is -2.57. The second-order valence-corrected chi connectivity index (χ2v) is 6.12. The Morgan fingerprint density at radius 2 is 1.88 bits per heavy atom. The number of carbonyl (C=O) groups is 1. The Labute approximate surface area is 149 Å². The Morgan fingerprint density at radius 3 is 2.56 bits per heavy atom. The van der Waals surface area contributed by atoms with E-state index < -0.39 is 0 Å². The smallest absolute Gasteiger partial charge is 0.272 e. The number of benzene rings is 1. The Kier molecular flexibility index (Phi) is 4.29. The molecule has 6 nitrogen and oxygen atoms in total. The number of hydrogen-bond donors (Lipinski definition) is 0. The highest BCUT2D eigenvalue weighted by Crippen LogP contribution is 2.24. The summed E-state index contributed by atoms with van der Waals surface area (Å²) in [5.41, 5.74) is 1.85. The third kappa shape index (κ3) is 3.18. The van der Waals surface area contributed by atoms with Crippen LogP contribution in [0.25, 0.3) is 17.1 Å². The molecule has 3 aromatic rings. The zero-order chi connectivity index (χ0) is 17.2. The lowest BCUT2D eigenvalue weighted by molar-refractivity contribution is 0.0297. The third-order valence-corrected chi connectivity index (χ3v) is 4.32. The van der Waals surface area contributed by atoms with Crippen LogP contribution < -0.4 is 0 Å². The molecule has 4 rings (SSSR count). The molecule has 25 heavy (non-hydrogen) atoms. The molecule has 0 saturated carbocycles. The van der Waals surface area contributed by atoms with Gasteiger partial charge < -0.3 is 14.1 Å². The normalized spacial score (nSPS) is 14.7. The molecule has 0 aliphatic carbocycles. The summed E-state index contributed by atoms with van der Waals surface area (Å²) in [5, 5.41) is 5.20. The molecule has 1 amide bonds. The third-order valence-electron chi connectivity index (χ3n) is 4.07. The average Bonchev–Trinajstić information content (AvgIpc) is 3.32.